The minimum absolute atomic E-state index is 0.529. The molecule has 17 heavy (non-hydrogen) atoms. The summed E-state index contributed by atoms with van der Waals surface area (Å²) < 4.78 is 0. The fraction of sp³-hybridized carbons (Fsp3) is 0.429. The maximum atomic E-state index is 8.12. The maximum absolute atomic E-state index is 8.12. The second kappa shape index (κ2) is 8.43. The zero-order valence-electron chi connectivity index (χ0n) is 10.3. The van der Waals surface area contributed by atoms with Gasteiger partial charge in [-0.05, 0) is 35.9 Å². The van der Waals surface area contributed by atoms with E-state index in [-0.39, 0.29) is 0 Å². The van der Waals surface area contributed by atoms with Gasteiger partial charge in [0, 0.05) is 11.5 Å². The van der Waals surface area contributed by atoms with Crippen LogP contribution in [0.4, 0.5) is 0 Å². The first-order valence-corrected chi connectivity index (χ1v) is 6.13. The van der Waals surface area contributed by atoms with Crippen molar-refractivity contribution in [2.45, 2.75) is 32.6 Å². The fourth-order valence-corrected chi connectivity index (χ4v) is 1.57. The van der Waals surface area contributed by atoms with Crippen molar-refractivity contribution < 1.29 is 0 Å². The molecule has 0 radical (unpaired) electrons. The number of aryl methyl sites for hydroxylation is 1. The van der Waals surface area contributed by atoms with Gasteiger partial charge in [-0.2, -0.15) is 0 Å². The van der Waals surface area contributed by atoms with Crippen LogP contribution in [0, 0.1) is 0 Å². The SMILES string of the molecule is CCCCc1ccc(C=CCCN=[N+]=[N-])cc1. The molecule has 1 aromatic rings. The Balaban J connectivity index is 2.41. The zero-order valence-corrected chi connectivity index (χ0v) is 10.3. The van der Waals surface area contributed by atoms with Crippen LogP contribution in [0.25, 0.3) is 16.5 Å². The topological polar surface area (TPSA) is 48.8 Å². The number of benzene rings is 1. The Morgan fingerprint density at radius 2 is 2.06 bits per heavy atom. The third kappa shape index (κ3) is 5.79. The summed E-state index contributed by atoms with van der Waals surface area (Å²) in [6.07, 6.45) is 8.55. The number of azide groups is 1. The van der Waals surface area contributed by atoms with E-state index < -0.39 is 0 Å². The van der Waals surface area contributed by atoms with E-state index in [0.717, 1.165) is 12.8 Å². The summed E-state index contributed by atoms with van der Waals surface area (Å²) in [5.74, 6) is 0. The van der Waals surface area contributed by atoms with E-state index in [0.29, 0.717) is 6.54 Å². The minimum atomic E-state index is 0.529. The van der Waals surface area contributed by atoms with Crippen LogP contribution in [0.2, 0.25) is 0 Å². The van der Waals surface area contributed by atoms with Gasteiger partial charge in [-0.15, -0.1) is 0 Å². The Hall–Kier alpha value is -1.73. The summed E-state index contributed by atoms with van der Waals surface area (Å²) in [7, 11) is 0. The van der Waals surface area contributed by atoms with Crippen LogP contribution in [0.1, 0.15) is 37.3 Å². The van der Waals surface area contributed by atoms with Gasteiger partial charge in [0.2, 0.25) is 0 Å². The molecule has 0 saturated heterocycles. The molecule has 0 aliphatic heterocycles. The lowest BCUT2D eigenvalue weighted by molar-refractivity contribution is 0.795. The number of hydrogen-bond acceptors (Lipinski definition) is 1. The molecule has 0 bridgehead atoms. The van der Waals surface area contributed by atoms with Gasteiger partial charge in [0.1, 0.15) is 0 Å². The number of nitrogens with zero attached hydrogens (tertiary/aromatic N) is 3. The Morgan fingerprint density at radius 1 is 1.29 bits per heavy atom. The third-order valence-electron chi connectivity index (χ3n) is 2.57. The Bertz CT molecular complexity index is 386. The first-order valence-electron chi connectivity index (χ1n) is 6.13. The highest BCUT2D eigenvalue weighted by Gasteiger charge is 1.92. The highest BCUT2D eigenvalue weighted by molar-refractivity contribution is 5.49. The van der Waals surface area contributed by atoms with Gasteiger partial charge in [0.25, 0.3) is 0 Å². The van der Waals surface area contributed by atoms with Crippen LogP contribution in [0.5, 0.6) is 0 Å². The van der Waals surface area contributed by atoms with Crippen LogP contribution >= 0.6 is 0 Å². The van der Waals surface area contributed by atoms with Crippen LogP contribution in [0.15, 0.2) is 35.5 Å². The number of unbranched alkanes of at least 4 members (excludes halogenated alkanes) is 1. The zero-order chi connectivity index (χ0) is 12.3. The molecule has 90 valence electrons. The summed E-state index contributed by atoms with van der Waals surface area (Å²) >= 11 is 0. The molecule has 0 unspecified atom stereocenters. The average Bonchev–Trinajstić information content (AvgIpc) is 2.37. The molecule has 3 nitrogen and oxygen atoms in total. The molecule has 0 aromatic heterocycles. The van der Waals surface area contributed by atoms with E-state index in [1.807, 2.05) is 6.08 Å². The van der Waals surface area contributed by atoms with Crippen molar-refractivity contribution in [3.8, 4) is 0 Å². The van der Waals surface area contributed by atoms with Crippen molar-refractivity contribution in [2.75, 3.05) is 6.54 Å². The molecule has 1 aromatic carbocycles. The van der Waals surface area contributed by atoms with Gasteiger partial charge >= 0.3 is 0 Å². The predicted molar refractivity (Wildman–Crippen MR) is 72.7 cm³/mol. The second-order valence-corrected chi connectivity index (χ2v) is 3.99. The standard InChI is InChI=1S/C14H19N3/c1-2-3-6-13-8-10-14(11-9-13)7-4-5-12-16-17-15/h4,7-11H,2-3,5-6,12H2,1H3. The Kier molecular flexibility index (Phi) is 6.61. The van der Waals surface area contributed by atoms with Crippen molar-refractivity contribution in [3.63, 3.8) is 0 Å². The van der Waals surface area contributed by atoms with Gasteiger partial charge in [-0.1, -0.05) is 54.9 Å². The first-order chi connectivity index (χ1) is 8.36. The lowest BCUT2D eigenvalue weighted by atomic mass is 10.1. The van der Waals surface area contributed by atoms with Gasteiger partial charge in [0.05, 0.1) is 0 Å². The van der Waals surface area contributed by atoms with E-state index in [4.69, 9.17) is 5.53 Å². The summed E-state index contributed by atoms with van der Waals surface area (Å²) in [5, 5.41) is 3.48. The van der Waals surface area contributed by atoms with E-state index in [2.05, 4.69) is 47.3 Å². The molecule has 1 rings (SSSR count). The molecule has 0 N–H and O–H groups in total. The number of rotatable bonds is 7. The van der Waals surface area contributed by atoms with Gasteiger partial charge in [-0.3, -0.25) is 0 Å². The van der Waals surface area contributed by atoms with Crippen LogP contribution < -0.4 is 0 Å². The molecular weight excluding hydrogens is 210 g/mol. The first kappa shape index (κ1) is 13.3. The molecule has 0 fully saturated rings. The lowest BCUT2D eigenvalue weighted by Crippen LogP contribution is -1.84. The monoisotopic (exact) mass is 229 g/mol. The molecule has 0 amide bonds. The molecule has 0 spiro atoms. The summed E-state index contributed by atoms with van der Waals surface area (Å²) in [4.78, 5) is 2.71. The highest BCUT2D eigenvalue weighted by Crippen LogP contribution is 2.09. The summed E-state index contributed by atoms with van der Waals surface area (Å²) in [5.41, 5.74) is 10.7. The Labute approximate surface area is 103 Å². The highest BCUT2D eigenvalue weighted by atomic mass is 15.1. The quantitative estimate of drug-likeness (QED) is 0.280. The predicted octanol–water partition coefficient (Wildman–Crippen LogP) is 4.74. The Morgan fingerprint density at radius 3 is 2.71 bits per heavy atom. The van der Waals surface area contributed by atoms with E-state index in [1.165, 1.54) is 24.0 Å². The molecule has 0 saturated carbocycles. The van der Waals surface area contributed by atoms with Crippen molar-refractivity contribution >= 4 is 6.08 Å². The van der Waals surface area contributed by atoms with E-state index in [1.54, 1.807) is 0 Å². The van der Waals surface area contributed by atoms with Crippen LogP contribution in [-0.4, -0.2) is 6.54 Å². The molecular formula is C14H19N3. The molecule has 0 aliphatic rings. The van der Waals surface area contributed by atoms with Crippen molar-refractivity contribution in [1.82, 2.24) is 0 Å². The minimum Gasteiger partial charge on any atom is -0.0937 e. The van der Waals surface area contributed by atoms with Crippen LogP contribution in [-0.2, 0) is 6.42 Å². The lowest BCUT2D eigenvalue weighted by Gasteiger charge is -2.00. The van der Waals surface area contributed by atoms with Crippen molar-refractivity contribution in [3.05, 3.63) is 51.9 Å². The third-order valence-corrected chi connectivity index (χ3v) is 2.57. The van der Waals surface area contributed by atoms with E-state index >= 15 is 0 Å². The van der Waals surface area contributed by atoms with E-state index in [9.17, 15) is 0 Å². The van der Waals surface area contributed by atoms with Gasteiger partial charge in [0.15, 0.2) is 0 Å². The largest absolute Gasteiger partial charge is 0.0937 e. The van der Waals surface area contributed by atoms with Gasteiger partial charge < -0.3 is 0 Å². The molecule has 0 aliphatic carbocycles. The smallest absolute Gasteiger partial charge is 0.0292 e. The summed E-state index contributed by atoms with van der Waals surface area (Å²) in [6, 6.07) is 8.63. The molecule has 0 atom stereocenters. The normalized spacial score (nSPS) is 10.4. The van der Waals surface area contributed by atoms with Gasteiger partial charge in [-0.25, -0.2) is 0 Å². The fourth-order valence-electron chi connectivity index (χ4n) is 1.57. The molecule has 3 heteroatoms. The van der Waals surface area contributed by atoms with Crippen molar-refractivity contribution in [2.24, 2.45) is 5.11 Å². The van der Waals surface area contributed by atoms with Crippen LogP contribution in [0.3, 0.4) is 0 Å². The summed E-state index contributed by atoms with van der Waals surface area (Å²) in [6.45, 7) is 2.74. The maximum Gasteiger partial charge on any atom is 0.0292 e. The molecule has 0 heterocycles. The van der Waals surface area contributed by atoms with Crippen molar-refractivity contribution in [1.29, 1.82) is 0 Å². The number of hydrogen-bond donors (Lipinski definition) is 0. The average molecular weight is 229 g/mol. The second-order valence-electron chi connectivity index (χ2n) is 3.99.